The molecule has 2 aromatic rings. The van der Waals surface area contributed by atoms with Crippen LogP contribution in [0, 0.1) is 0 Å². The highest BCUT2D eigenvalue weighted by molar-refractivity contribution is 6.31. The van der Waals surface area contributed by atoms with Gasteiger partial charge in [-0.15, -0.1) is 0 Å². The van der Waals surface area contributed by atoms with Crippen molar-refractivity contribution in [2.24, 2.45) is 0 Å². The molecule has 0 saturated heterocycles. The molecular formula is C16H16ClNO2. The predicted octanol–water partition coefficient (Wildman–Crippen LogP) is 3.84. The molecule has 0 aliphatic heterocycles. The Morgan fingerprint density at radius 2 is 1.85 bits per heavy atom. The molecule has 0 radical (unpaired) electrons. The van der Waals surface area contributed by atoms with E-state index in [9.17, 15) is 4.79 Å². The van der Waals surface area contributed by atoms with E-state index in [1.54, 1.807) is 5.48 Å². The zero-order chi connectivity index (χ0) is 14.4. The number of carbonyl (C=O) groups is 1. The highest BCUT2D eigenvalue weighted by Gasteiger charge is 2.05. The van der Waals surface area contributed by atoms with E-state index >= 15 is 0 Å². The Balaban J connectivity index is 2.11. The first-order valence-electron chi connectivity index (χ1n) is 6.47. The number of nitrogens with one attached hydrogen (secondary N) is 1. The summed E-state index contributed by atoms with van der Waals surface area (Å²) in [7, 11) is 0. The summed E-state index contributed by atoms with van der Waals surface area (Å²) in [5, 5.41) is 9.16. The summed E-state index contributed by atoms with van der Waals surface area (Å²) in [5.74, 6) is -0.375. The lowest BCUT2D eigenvalue weighted by Crippen LogP contribution is -2.18. The molecule has 0 fully saturated rings. The number of hydroxylamine groups is 1. The average molecular weight is 290 g/mol. The molecule has 0 aliphatic carbocycles. The van der Waals surface area contributed by atoms with E-state index in [0.29, 0.717) is 17.9 Å². The van der Waals surface area contributed by atoms with E-state index in [4.69, 9.17) is 16.8 Å². The molecule has 2 N–H and O–H groups in total. The van der Waals surface area contributed by atoms with Crippen LogP contribution in [0.1, 0.15) is 18.4 Å². The van der Waals surface area contributed by atoms with E-state index < -0.39 is 0 Å². The molecule has 0 saturated carbocycles. The van der Waals surface area contributed by atoms with E-state index in [-0.39, 0.29) is 12.3 Å². The monoisotopic (exact) mass is 289 g/mol. The van der Waals surface area contributed by atoms with Crippen LogP contribution in [0.2, 0.25) is 5.02 Å². The molecule has 4 heteroatoms. The fourth-order valence-electron chi connectivity index (χ4n) is 2.07. The quantitative estimate of drug-likeness (QED) is 0.649. The number of amides is 1. The van der Waals surface area contributed by atoms with Crippen molar-refractivity contribution in [1.29, 1.82) is 0 Å². The van der Waals surface area contributed by atoms with Crippen LogP contribution >= 0.6 is 11.6 Å². The van der Waals surface area contributed by atoms with Gasteiger partial charge in [0, 0.05) is 11.4 Å². The molecule has 3 nitrogen and oxygen atoms in total. The smallest absolute Gasteiger partial charge is 0.243 e. The van der Waals surface area contributed by atoms with Gasteiger partial charge in [0.05, 0.1) is 0 Å². The number of benzene rings is 2. The van der Waals surface area contributed by atoms with E-state index in [1.165, 1.54) is 0 Å². The summed E-state index contributed by atoms with van der Waals surface area (Å²) < 4.78 is 0. The summed E-state index contributed by atoms with van der Waals surface area (Å²) in [6, 6.07) is 16.0. The minimum atomic E-state index is -0.375. The molecule has 0 atom stereocenters. The summed E-state index contributed by atoms with van der Waals surface area (Å²) in [4.78, 5) is 11.0. The van der Waals surface area contributed by atoms with Crippen LogP contribution in [0.25, 0.3) is 11.1 Å². The van der Waals surface area contributed by atoms with E-state index in [1.807, 2.05) is 42.5 Å². The van der Waals surface area contributed by atoms with Gasteiger partial charge in [-0.25, -0.2) is 5.48 Å². The molecule has 0 spiro atoms. The van der Waals surface area contributed by atoms with Gasteiger partial charge in [0.25, 0.3) is 0 Å². The lowest BCUT2D eigenvalue weighted by molar-refractivity contribution is -0.129. The Morgan fingerprint density at radius 1 is 1.10 bits per heavy atom. The lowest BCUT2D eigenvalue weighted by Gasteiger charge is -2.08. The maximum Gasteiger partial charge on any atom is 0.243 e. The fourth-order valence-corrected chi connectivity index (χ4v) is 2.28. The maximum atomic E-state index is 11.0. The van der Waals surface area contributed by atoms with Crippen molar-refractivity contribution < 1.29 is 10.0 Å². The van der Waals surface area contributed by atoms with Crippen LogP contribution < -0.4 is 5.48 Å². The Bertz CT molecular complexity index is 584. The highest BCUT2D eigenvalue weighted by Crippen LogP contribution is 2.26. The second-order valence-electron chi connectivity index (χ2n) is 4.56. The largest absolute Gasteiger partial charge is 0.289 e. The summed E-state index contributed by atoms with van der Waals surface area (Å²) in [6.45, 7) is 0. The van der Waals surface area contributed by atoms with Gasteiger partial charge in [-0.3, -0.25) is 10.0 Å². The SMILES string of the molecule is O=C(CCCc1cc(-c2ccccc2)ccc1Cl)NO. The third-order valence-corrected chi connectivity index (χ3v) is 3.50. The zero-order valence-electron chi connectivity index (χ0n) is 11.0. The average Bonchev–Trinajstić information content (AvgIpc) is 2.49. The number of hydrogen-bond donors (Lipinski definition) is 2. The van der Waals surface area contributed by atoms with Crippen LogP contribution in [0.3, 0.4) is 0 Å². The zero-order valence-corrected chi connectivity index (χ0v) is 11.7. The van der Waals surface area contributed by atoms with Gasteiger partial charge in [0.2, 0.25) is 5.91 Å². The first kappa shape index (κ1) is 14.6. The van der Waals surface area contributed by atoms with Crippen molar-refractivity contribution in [2.45, 2.75) is 19.3 Å². The Hall–Kier alpha value is -1.84. The number of rotatable bonds is 5. The number of carbonyl (C=O) groups excluding carboxylic acids is 1. The molecule has 20 heavy (non-hydrogen) atoms. The Kier molecular flexibility index (Phi) is 5.16. The minimum Gasteiger partial charge on any atom is -0.289 e. The van der Waals surface area contributed by atoms with Crippen molar-refractivity contribution >= 4 is 17.5 Å². The van der Waals surface area contributed by atoms with Gasteiger partial charge in [-0.2, -0.15) is 0 Å². The molecule has 2 rings (SSSR count). The van der Waals surface area contributed by atoms with Gasteiger partial charge in [-0.05, 0) is 41.7 Å². The van der Waals surface area contributed by atoms with Crippen LogP contribution in [0.4, 0.5) is 0 Å². The summed E-state index contributed by atoms with van der Waals surface area (Å²) in [5.41, 5.74) is 4.89. The van der Waals surface area contributed by atoms with E-state index in [0.717, 1.165) is 16.7 Å². The molecule has 2 aromatic carbocycles. The molecule has 0 bridgehead atoms. The van der Waals surface area contributed by atoms with Crippen LogP contribution in [0.5, 0.6) is 0 Å². The fraction of sp³-hybridized carbons (Fsp3) is 0.188. The molecule has 104 valence electrons. The van der Waals surface area contributed by atoms with Crippen molar-refractivity contribution in [2.75, 3.05) is 0 Å². The standard InChI is InChI=1S/C16H16ClNO2/c17-15-10-9-13(12-5-2-1-3-6-12)11-14(15)7-4-8-16(19)18-20/h1-3,5-6,9-11,20H,4,7-8H2,(H,18,19). The van der Waals surface area contributed by atoms with Crippen molar-refractivity contribution in [3.63, 3.8) is 0 Å². The van der Waals surface area contributed by atoms with Gasteiger partial charge in [0.1, 0.15) is 0 Å². The molecule has 1 amide bonds. The minimum absolute atomic E-state index is 0.280. The Labute approximate surface area is 123 Å². The van der Waals surface area contributed by atoms with Gasteiger partial charge >= 0.3 is 0 Å². The summed E-state index contributed by atoms with van der Waals surface area (Å²) in [6.07, 6.45) is 1.62. The van der Waals surface area contributed by atoms with Crippen molar-refractivity contribution in [3.8, 4) is 11.1 Å². The van der Waals surface area contributed by atoms with Crippen molar-refractivity contribution in [1.82, 2.24) is 5.48 Å². The topological polar surface area (TPSA) is 49.3 Å². The van der Waals surface area contributed by atoms with Crippen LogP contribution in [-0.4, -0.2) is 11.1 Å². The van der Waals surface area contributed by atoms with Crippen LogP contribution in [-0.2, 0) is 11.2 Å². The molecule has 0 aromatic heterocycles. The summed E-state index contributed by atoms with van der Waals surface area (Å²) >= 11 is 6.18. The van der Waals surface area contributed by atoms with Crippen molar-refractivity contribution in [3.05, 3.63) is 59.1 Å². The first-order valence-corrected chi connectivity index (χ1v) is 6.85. The Morgan fingerprint density at radius 3 is 2.55 bits per heavy atom. The maximum absolute atomic E-state index is 11.0. The molecule has 0 heterocycles. The predicted molar refractivity (Wildman–Crippen MR) is 79.8 cm³/mol. The number of aryl methyl sites for hydroxylation is 1. The highest BCUT2D eigenvalue weighted by atomic mass is 35.5. The number of halogens is 1. The number of hydrogen-bond acceptors (Lipinski definition) is 2. The molecule has 0 unspecified atom stereocenters. The third-order valence-electron chi connectivity index (χ3n) is 3.13. The molecular weight excluding hydrogens is 274 g/mol. The first-order chi connectivity index (χ1) is 9.70. The van der Waals surface area contributed by atoms with Gasteiger partial charge in [0.15, 0.2) is 0 Å². The van der Waals surface area contributed by atoms with Gasteiger partial charge in [-0.1, -0.05) is 48.0 Å². The molecule has 0 aliphatic rings. The van der Waals surface area contributed by atoms with Gasteiger partial charge < -0.3 is 0 Å². The second kappa shape index (κ2) is 7.08. The lowest BCUT2D eigenvalue weighted by atomic mass is 10.0. The second-order valence-corrected chi connectivity index (χ2v) is 4.97. The van der Waals surface area contributed by atoms with Crippen LogP contribution in [0.15, 0.2) is 48.5 Å². The normalized spacial score (nSPS) is 10.3. The third kappa shape index (κ3) is 3.83. The van der Waals surface area contributed by atoms with E-state index in [2.05, 4.69) is 6.07 Å².